The quantitative estimate of drug-likeness (QED) is 0.698. The van der Waals surface area contributed by atoms with E-state index < -0.39 is 0 Å². The summed E-state index contributed by atoms with van der Waals surface area (Å²) in [5, 5.41) is 6.25. The monoisotopic (exact) mass is 388 g/mol. The van der Waals surface area contributed by atoms with Gasteiger partial charge in [0.2, 0.25) is 5.91 Å². The fourth-order valence-corrected chi connectivity index (χ4v) is 4.10. The third-order valence-electron chi connectivity index (χ3n) is 3.84. The number of carbonyl (C=O) groups is 1. The average Bonchev–Trinajstić information content (AvgIpc) is 3.12. The maximum absolute atomic E-state index is 11.4. The minimum atomic E-state index is -0.0329. The summed E-state index contributed by atoms with van der Waals surface area (Å²) in [4.78, 5) is 20.5. The first-order valence-electron chi connectivity index (χ1n) is 7.21. The SMILES string of the molecule is CC1CC(=O)NN=C1c1ccc2nc(-c3cc(Br)cs3)[nH]c2c1. The van der Waals surface area contributed by atoms with Crippen molar-refractivity contribution >= 4 is 49.9 Å². The highest BCUT2D eigenvalue weighted by molar-refractivity contribution is 9.10. The molecule has 3 heterocycles. The third-order valence-corrected chi connectivity index (χ3v) is 5.54. The maximum Gasteiger partial charge on any atom is 0.240 e. The van der Waals surface area contributed by atoms with Crippen LogP contribution >= 0.6 is 27.3 Å². The first-order chi connectivity index (χ1) is 11.1. The molecule has 0 aliphatic carbocycles. The zero-order chi connectivity index (χ0) is 16.0. The minimum absolute atomic E-state index is 0.0329. The van der Waals surface area contributed by atoms with Crippen molar-refractivity contribution in [3.05, 3.63) is 39.7 Å². The van der Waals surface area contributed by atoms with E-state index in [2.05, 4.69) is 36.4 Å². The Kier molecular flexibility index (Phi) is 3.54. The van der Waals surface area contributed by atoms with Crippen LogP contribution < -0.4 is 5.43 Å². The van der Waals surface area contributed by atoms with Gasteiger partial charge in [0, 0.05) is 27.8 Å². The van der Waals surface area contributed by atoms with Gasteiger partial charge in [-0.05, 0) is 34.1 Å². The highest BCUT2D eigenvalue weighted by Crippen LogP contribution is 2.30. The van der Waals surface area contributed by atoms with Crippen molar-refractivity contribution in [3.8, 4) is 10.7 Å². The smallest absolute Gasteiger partial charge is 0.240 e. The molecule has 23 heavy (non-hydrogen) atoms. The van der Waals surface area contributed by atoms with Crippen LogP contribution in [0.5, 0.6) is 0 Å². The van der Waals surface area contributed by atoms with Gasteiger partial charge in [0.25, 0.3) is 0 Å². The van der Waals surface area contributed by atoms with Crippen LogP contribution in [-0.2, 0) is 4.79 Å². The largest absolute Gasteiger partial charge is 0.337 e. The molecule has 1 aromatic carbocycles. The standard InChI is InChI=1S/C16H13BrN4OS/c1-8-4-14(22)20-21-15(8)9-2-3-11-12(5-9)19-16(18-11)13-6-10(17)7-23-13/h2-3,5-8H,4H2,1H3,(H,18,19)(H,20,22). The number of imidazole rings is 1. The molecule has 3 aromatic rings. The molecule has 0 bridgehead atoms. The van der Waals surface area contributed by atoms with Crippen LogP contribution in [0.15, 0.2) is 39.2 Å². The van der Waals surface area contributed by atoms with Gasteiger partial charge in [-0.1, -0.05) is 13.0 Å². The van der Waals surface area contributed by atoms with Crippen LogP contribution in [0.4, 0.5) is 0 Å². The Bertz CT molecular complexity index is 943. The Balaban J connectivity index is 1.75. The van der Waals surface area contributed by atoms with E-state index in [0.29, 0.717) is 6.42 Å². The molecule has 1 unspecified atom stereocenters. The van der Waals surface area contributed by atoms with E-state index >= 15 is 0 Å². The molecule has 0 fully saturated rings. The number of aromatic amines is 1. The number of nitrogens with one attached hydrogen (secondary N) is 2. The molecule has 2 N–H and O–H groups in total. The van der Waals surface area contributed by atoms with E-state index in [4.69, 9.17) is 0 Å². The molecule has 7 heteroatoms. The molecule has 5 nitrogen and oxygen atoms in total. The van der Waals surface area contributed by atoms with E-state index in [1.807, 2.05) is 36.6 Å². The molecule has 4 rings (SSSR count). The molecule has 0 spiro atoms. The minimum Gasteiger partial charge on any atom is -0.337 e. The molecular weight excluding hydrogens is 376 g/mol. The zero-order valence-corrected chi connectivity index (χ0v) is 14.7. The van der Waals surface area contributed by atoms with Crippen molar-refractivity contribution in [2.24, 2.45) is 11.0 Å². The predicted molar refractivity (Wildman–Crippen MR) is 95.6 cm³/mol. The van der Waals surface area contributed by atoms with Crippen LogP contribution in [0, 0.1) is 5.92 Å². The molecule has 1 aliphatic rings. The van der Waals surface area contributed by atoms with Crippen LogP contribution in [-0.4, -0.2) is 21.6 Å². The van der Waals surface area contributed by atoms with E-state index in [9.17, 15) is 4.79 Å². The number of thiophene rings is 1. The van der Waals surface area contributed by atoms with Gasteiger partial charge in [-0.3, -0.25) is 4.79 Å². The van der Waals surface area contributed by atoms with Gasteiger partial charge in [-0.2, -0.15) is 5.10 Å². The zero-order valence-electron chi connectivity index (χ0n) is 12.3. The normalized spacial score (nSPS) is 18.1. The van der Waals surface area contributed by atoms with Crippen molar-refractivity contribution in [3.63, 3.8) is 0 Å². The van der Waals surface area contributed by atoms with Crippen molar-refractivity contribution in [1.29, 1.82) is 0 Å². The number of rotatable bonds is 2. The summed E-state index contributed by atoms with van der Waals surface area (Å²) in [6.07, 6.45) is 0.467. The Labute approximate surface area is 145 Å². The van der Waals surface area contributed by atoms with Gasteiger partial charge in [0.15, 0.2) is 0 Å². The van der Waals surface area contributed by atoms with E-state index in [1.54, 1.807) is 11.3 Å². The van der Waals surface area contributed by atoms with Crippen LogP contribution in [0.3, 0.4) is 0 Å². The van der Waals surface area contributed by atoms with Crippen LogP contribution in [0.1, 0.15) is 18.9 Å². The number of amides is 1. The van der Waals surface area contributed by atoms with Crippen molar-refractivity contribution < 1.29 is 4.79 Å². The first-order valence-corrected chi connectivity index (χ1v) is 8.88. The van der Waals surface area contributed by atoms with Gasteiger partial charge in [-0.15, -0.1) is 11.3 Å². The second-order valence-electron chi connectivity index (χ2n) is 5.58. The Morgan fingerprint density at radius 2 is 2.22 bits per heavy atom. The van der Waals surface area contributed by atoms with E-state index in [1.165, 1.54) is 0 Å². The Hall–Kier alpha value is -1.99. The lowest BCUT2D eigenvalue weighted by atomic mass is 9.94. The number of benzene rings is 1. The summed E-state index contributed by atoms with van der Waals surface area (Å²) in [5.41, 5.74) is 6.36. The predicted octanol–water partition coefficient (Wildman–Crippen LogP) is 3.91. The Morgan fingerprint density at radius 1 is 1.35 bits per heavy atom. The van der Waals surface area contributed by atoms with Crippen LogP contribution in [0.2, 0.25) is 0 Å². The number of carbonyl (C=O) groups excluding carboxylic acids is 1. The van der Waals surface area contributed by atoms with Gasteiger partial charge in [0.1, 0.15) is 5.82 Å². The summed E-state index contributed by atoms with van der Waals surface area (Å²) in [7, 11) is 0. The fourth-order valence-electron chi connectivity index (χ4n) is 2.73. The summed E-state index contributed by atoms with van der Waals surface area (Å²) in [6, 6.07) is 8.08. The number of hydrogen-bond acceptors (Lipinski definition) is 4. The second kappa shape index (κ2) is 5.58. The molecule has 1 aliphatic heterocycles. The van der Waals surface area contributed by atoms with Gasteiger partial charge < -0.3 is 4.98 Å². The number of H-pyrrole nitrogens is 1. The van der Waals surface area contributed by atoms with E-state index in [-0.39, 0.29) is 11.8 Å². The lowest BCUT2D eigenvalue weighted by Crippen LogP contribution is -2.31. The lowest BCUT2D eigenvalue weighted by molar-refractivity contribution is -0.121. The Morgan fingerprint density at radius 3 is 2.96 bits per heavy atom. The highest BCUT2D eigenvalue weighted by Gasteiger charge is 2.22. The second-order valence-corrected chi connectivity index (χ2v) is 7.41. The third kappa shape index (κ3) is 2.70. The summed E-state index contributed by atoms with van der Waals surface area (Å²) >= 11 is 5.11. The molecule has 116 valence electrons. The average molecular weight is 389 g/mol. The number of nitrogens with zero attached hydrogens (tertiary/aromatic N) is 2. The fraction of sp³-hybridized carbons (Fsp3) is 0.188. The molecular formula is C16H13BrN4OS. The molecule has 0 radical (unpaired) electrons. The first kappa shape index (κ1) is 14.6. The van der Waals surface area contributed by atoms with Crippen molar-refractivity contribution in [2.75, 3.05) is 0 Å². The maximum atomic E-state index is 11.4. The van der Waals surface area contributed by atoms with Crippen molar-refractivity contribution in [1.82, 2.24) is 15.4 Å². The van der Waals surface area contributed by atoms with Gasteiger partial charge in [0.05, 0.1) is 21.6 Å². The highest BCUT2D eigenvalue weighted by atomic mass is 79.9. The number of aromatic nitrogens is 2. The van der Waals surface area contributed by atoms with Gasteiger partial charge in [-0.25, -0.2) is 10.4 Å². The number of fused-ring (bicyclic) bond motifs is 1. The topological polar surface area (TPSA) is 70.1 Å². The van der Waals surface area contributed by atoms with Gasteiger partial charge >= 0.3 is 0 Å². The summed E-state index contributed by atoms with van der Waals surface area (Å²) in [6.45, 7) is 2.02. The molecule has 2 aromatic heterocycles. The molecule has 1 amide bonds. The number of hydrazone groups is 1. The number of halogens is 1. The summed E-state index contributed by atoms with van der Waals surface area (Å²) in [5.74, 6) is 0.936. The van der Waals surface area contributed by atoms with Crippen LogP contribution in [0.25, 0.3) is 21.7 Å². The lowest BCUT2D eigenvalue weighted by Gasteiger charge is -2.18. The summed E-state index contributed by atoms with van der Waals surface area (Å²) < 4.78 is 1.06. The molecule has 1 atom stereocenters. The van der Waals surface area contributed by atoms with E-state index in [0.717, 1.165) is 37.5 Å². The molecule has 0 saturated heterocycles. The number of hydrogen-bond donors (Lipinski definition) is 2. The van der Waals surface area contributed by atoms with Crippen molar-refractivity contribution in [2.45, 2.75) is 13.3 Å². The molecule has 0 saturated carbocycles.